The summed E-state index contributed by atoms with van der Waals surface area (Å²) in [5.74, 6) is 0.351. The number of carbonyl (C=O) groups excluding carboxylic acids is 1. The highest BCUT2D eigenvalue weighted by Crippen LogP contribution is 2.13. The number of likely N-dealkylation sites (N-methyl/N-ethyl adjacent to an activating group) is 1. The maximum atomic E-state index is 12.2. The molecule has 1 amide bonds. The largest absolute Gasteiger partial charge is 0.491 e. The molecular formula is C19H26ClN3O5S. The molecule has 0 saturated heterocycles. The van der Waals surface area contributed by atoms with Gasteiger partial charge in [0.1, 0.15) is 18.5 Å². The molecule has 0 aromatic heterocycles. The fraction of sp³-hybridized carbons (Fsp3) is 0.316. The van der Waals surface area contributed by atoms with E-state index in [4.69, 9.17) is 9.88 Å². The molecule has 5 N–H and O–H groups in total. The Kier molecular flexibility index (Phi) is 10.1. The Hall–Kier alpha value is -2.17. The molecule has 1 unspecified atom stereocenters. The van der Waals surface area contributed by atoms with Crippen molar-refractivity contribution in [2.45, 2.75) is 17.4 Å². The number of benzene rings is 2. The number of rotatable bonds is 10. The van der Waals surface area contributed by atoms with E-state index in [0.717, 1.165) is 5.56 Å². The summed E-state index contributed by atoms with van der Waals surface area (Å²) in [4.78, 5) is 12.2. The van der Waals surface area contributed by atoms with Crippen LogP contribution in [0.2, 0.25) is 0 Å². The van der Waals surface area contributed by atoms with Crippen LogP contribution in [0.3, 0.4) is 0 Å². The van der Waals surface area contributed by atoms with Gasteiger partial charge in [0.05, 0.1) is 4.90 Å². The van der Waals surface area contributed by atoms with Crippen LogP contribution in [0.5, 0.6) is 5.75 Å². The molecule has 8 nitrogen and oxygen atoms in total. The van der Waals surface area contributed by atoms with Crippen molar-refractivity contribution in [1.29, 1.82) is 0 Å². The molecule has 10 heteroatoms. The second-order valence-electron chi connectivity index (χ2n) is 6.24. The van der Waals surface area contributed by atoms with E-state index in [9.17, 15) is 18.3 Å². The first kappa shape index (κ1) is 24.9. The van der Waals surface area contributed by atoms with Crippen LogP contribution in [0, 0.1) is 0 Å². The maximum absolute atomic E-state index is 12.2. The van der Waals surface area contributed by atoms with Crippen molar-refractivity contribution in [3.05, 3.63) is 59.7 Å². The molecular weight excluding hydrogens is 418 g/mol. The molecule has 0 fully saturated rings. The Morgan fingerprint density at radius 2 is 1.76 bits per heavy atom. The van der Waals surface area contributed by atoms with Crippen molar-refractivity contribution in [1.82, 2.24) is 10.6 Å². The summed E-state index contributed by atoms with van der Waals surface area (Å²) in [5, 5.41) is 20.3. The van der Waals surface area contributed by atoms with Gasteiger partial charge in [-0.05, 0) is 55.4 Å². The number of nitrogens with one attached hydrogen (secondary N) is 2. The Morgan fingerprint density at radius 3 is 2.31 bits per heavy atom. The number of nitrogens with two attached hydrogens (primary N) is 1. The van der Waals surface area contributed by atoms with Crippen molar-refractivity contribution in [3.63, 3.8) is 0 Å². The van der Waals surface area contributed by atoms with Crippen LogP contribution in [-0.2, 0) is 16.4 Å². The van der Waals surface area contributed by atoms with E-state index >= 15 is 0 Å². The first-order valence-corrected chi connectivity index (χ1v) is 10.3. The van der Waals surface area contributed by atoms with Crippen LogP contribution >= 0.6 is 12.4 Å². The zero-order chi connectivity index (χ0) is 20.6. The van der Waals surface area contributed by atoms with Gasteiger partial charge in [-0.1, -0.05) is 12.1 Å². The summed E-state index contributed by atoms with van der Waals surface area (Å²) in [6.07, 6.45) is -0.0479. The molecule has 0 aliphatic rings. The fourth-order valence-corrected chi connectivity index (χ4v) is 2.97. The minimum atomic E-state index is -3.70. The monoisotopic (exact) mass is 443 g/mol. The van der Waals surface area contributed by atoms with Crippen LogP contribution in [0.4, 0.5) is 0 Å². The second-order valence-corrected chi connectivity index (χ2v) is 7.80. The summed E-state index contributed by atoms with van der Waals surface area (Å²) in [6, 6.07) is 12.9. The predicted octanol–water partition coefficient (Wildman–Crippen LogP) is 0.687. The molecule has 1 atom stereocenters. The molecule has 0 aliphatic carbocycles. The van der Waals surface area contributed by atoms with Crippen LogP contribution in [0.15, 0.2) is 53.4 Å². The van der Waals surface area contributed by atoms with Crippen molar-refractivity contribution in [2.75, 3.05) is 26.7 Å². The van der Waals surface area contributed by atoms with Crippen molar-refractivity contribution in [2.24, 2.45) is 5.14 Å². The Balaban J connectivity index is 0.00000420. The van der Waals surface area contributed by atoms with Gasteiger partial charge >= 0.3 is 0 Å². The second kappa shape index (κ2) is 11.7. The minimum absolute atomic E-state index is 0. The van der Waals surface area contributed by atoms with Gasteiger partial charge < -0.3 is 20.5 Å². The molecule has 0 saturated carbocycles. The fourth-order valence-electron chi connectivity index (χ4n) is 2.46. The van der Waals surface area contributed by atoms with Gasteiger partial charge in [0, 0.05) is 18.7 Å². The molecule has 0 bridgehead atoms. The van der Waals surface area contributed by atoms with Crippen molar-refractivity contribution in [3.8, 4) is 5.75 Å². The summed E-state index contributed by atoms with van der Waals surface area (Å²) in [5.41, 5.74) is 1.38. The Bertz CT molecular complexity index is 874. The highest BCUT2D eigenvalue weighted by atomic mass is 35.5. The van der Waals surface area contributed by atoms with Gasteiger partial charge in [-0.15, -0.1) is 12.4 Å². The number of carbonyl (C=O) groups is 1. The lowest BCUT2D eigenvalue weighted by atomic mass is 10.1. The summed E-state index contributed by atoms with van der Waals surface area (Å²) >= 11 is 0. The lowest BCUT2D eigenvalue weighted by molar-refractivity contribution is 0.0953. The molecule has 2 aromatic carbocycles. The number of sulfonamides is 1. The SMILES string of the molecule is CNCC(O)COc1ccc(C(=O)NCCc2ccc(S(N)(=O)=O)cc2)cc1.Cl. The normalized spacial score (nSPS) is 12.0. The zero-order valence-corrected chi connectivity index (χ0v) is 17.6. The van der Waals surface area contributed by atoms with Gasteiger partial charge in [0.25, 0.3) is 5.91 Å². The van der Waals surface area contributed by atoms with Crippen LogP contribution in [0.1, 0.15) is 15.9 Å². The molecule has 2 aromatic rings. The quantitative estimate of drug-likeness (QED) is 0.427. The van der Waals surface area contributed by atoms with E-state index in [0.29, 0.717) is 30.8 Å². The molecule has 29 heavy (non-hydrogen) atoms. The summed E-state index contributed by atoms with van der Waals surface area (Å²) in [7, 11) is -1.96. The highest BCUT2D eigenvalue weighted by Gasteiger charge is 2.09. The predicted molar refractivity (Wildman–Crippen MR) is 113 cm³/mol. The minimum Gasteiger partial charge on any atom is -0.491 e. The van der Waals surface area contributed by atoms with Crippen molar-refractivity contribution >= 4 is 28.3 Å². The van der Waals surface area contributed by atoms with E-state index in [2.05, 4.69) is 10.6 Å². The molecule has 0 aliphatic heterocycles. The van der Waals surface area contributed by atoms with Crippen molar-refractivity contribution < 1.29 is 23.1 Å². The molecule has 160 valence electrons. The lowest BCUT2D eigenvalue weighted by Gasteiger charge is -2.12. The summed E-state index contributed by atoms with van der Waals surface area (Å²) in [6.45, 7) is 1.00. The average Bonchev–Trinajstić information content (AvgIpc) is 2.66. The molecule has 2 rings (SSSR count). The first-order chi connectivity index (χ1) is 13.3. The third-order valence-corrected chi connectivity index (χ3v) is 4.88. The third kappa shape index (κ3) is 8.38. The van der Waals surface area contributed by atoms with Gasteiger partial charge in [-0.2, -0.15) is 0 Å². The number of primary sulfonamides is 1. The lowest BCUT2D eigenvalue weighted by Crippen LogP contribution is -2.29. The smallest absolute Gasteiger partial charge is 0.251 e. The first-order valence-electron chi connectivity index (χ1n) is 8.75. The Morgan fingerprint density at radius 1 is 1.14 bits per heavy atom. The van der Waals surface area contributed by atoms with E-state index in [1.165, 1.54) is 12.1 Å². The number of aliphatic hydroxyl groups excluding tert-OH is 1. The van der Waals surface area contributed by atoms with Gasteiger partial charge in [0.2, 0.25) is 10.0 Å². The van der Waals surface area contributed by atoms with Crippen LogP contribution in [0.25, 0.3) is 0 Å². The number of halogens is 1. The molecule has 0 radical (unpaired) electrons. The van der Waals surface area contributed by atoms with Gasteiger partial charge in [-0.3, -0.25) is 4.79 Å². The number of amides is 1. The van der Waals surface area contributed by atoms with E-state index in [1.54, 1.807) is 43.4 Å². The summed E-state index contributed by atoms with van der Waals surface area (Å²) < 4.78 is 27.9. The van der Waals surface area contributed by atoms with Crippen LogP contribution in [-0.4, -0.2) is 52.3 Å². The number of hydrogen-bond donors (Lipinski definition) is 4. The third-order valence-electron chi connectivity index (χ3n) is 3.95. The van der Waals surface area contributed by atoms with Crippen LogP contribution < -0.4 is 20.5 Å². The highest BCUT2D eigenvalue weighted by molar-refractivity contribution is 7.89. The number of ether oxygens (including phenoxy) is 1. The van der Waals surface area contributed by atoms with Gasteiger partial charge in [0.15, 0.2) is 0 Å². The van der Waals surface area contributed by atoms with Gasteiger partial charge in [-0.25, -0.2) is 13.6 Å². The zero-order valence-electron chi connectivity index (χ0n) is 16.0. The number of hydrogen-bond acceptors (Lipinski definition) is 6. The number of aliphatic hydroxyl groups is 1. The topological polar surface area (TPSA) is 131 Å². The molecule has 0 spiro atoms. The van der Waals surface area contributed by atoms with E-state index in [-0.39, 0.29) is 29.8 Å². The average molecular weight is 444 g/mol. The molecule has 0 heterocycles. The van der Waals surface area contributed by atoms with E-state index < -0.39 is 16.1 Å². The van der Waals surface area contributed by atoms with E-state index in [1.807, 2.05) is 0 Å². The standard InChI is InChI=1S/C19H25N3O5S.ClH/c1-21-12-16(23)13-27-17-6-4-15(5-7-17)19(24)22-11-10-14-2-8-18(9-3-14)28(20,25)26;/h2-9,16,21,23H,10-13H2,1H3,(H,22,24)(H2,20,25,26);1H. The maximum Gasteiger partial charge on any atom is 0.251 e. The Labute approximate surface area is 176 Å².